The lowest BCUT2D eigenvalue weighted by Gasteiger charge is -2.12. The van der Waals surface area contributed by atoms with Gasteiger partial charge in [0.15, 0.2) is 5.75 Å². The molecule has 0 saturated carbocycles. The normalized spacial score (nSPS) is 11.8. The molecule has 0 aliphatic carbocycles. The van der Waals surface area contributed by atoms with Crippen molar-refractivity contribution < 1.29 is 13.2 Å². The number of anilines is 1. The van der Waals surface area contributed by atoms with Gasteiger partial charge < -0.3 is 10.5 Å². The summed E-state index contributed by atoms with van der Waals surface area (Å²) in [4.78, 5) is 4.00. The summed E-state index contributed by atoms with van der Waals surface area (Å²) in [5.41, 5.74) is 6.00. The van der Waals surface area contributed by atoms with E-state index >= 15 is 0 Å². The van der Waals surface area contributed by atoms with Gasteiger partial charge in [-0.2, -0.15) is 4.98 Å². The van der Waals surface area contributed by atoms with Crippen LogP contribution in [-0.2, 0) is 17.1 Å². The number of ether oxygens (including phenoxy) is 1. The highest BCUT2D eigenvalue weighted by Crippen LogP contribution is 2.28. The lowest BCUT2D eigenvalue weighted by molar-refractivity contribution is 0.440. The molecule has 2 aromatic rings. The number of aromatic nitrogens is 3. The topological polar surface area (TPSA) is 103 Å². The average Bonchev–Trinajstić information content (AvgIpc) is 2.77. The molecule has 2 rings (SSSR count). The van der Waals surface area contributed by atoms with Crippen LogP contribution in [-0.4, -0.2) is 41.6 Å². The second-order valence-electron chi connectivity index (χ2n) is 4.29. The number of sulfonamides is 1. The van der Waals surface area contributed by atoms with Gasteiger partial charge in [-0.25, -0.2) is 12.7 Å². The smallest absolute Gasteiger partial charge is 0.341 e. The number of nitrogens with zero attached hydrogens (tertiary/aromatic N) is 4. The van der Waals surface area contributed by atoms with Crippen molar-refractivity contribution in [2.75, 3.05) is 19.8 Å². The SMILES string of the molecule is CN(C)S(=O)(=O)c1ccc(Oc2ncn(C)n2)c(N)c1. The second-order valence-corrected chi connectivity index (χ2v) is 6.44. The fourth-order valence-electron chi connectivity index (χ4n) is 1.46. The number of hydrogen-bond acceptors (Lipinski definition) is 6. The molecule has 1 heterocycles. The Morgan fingerprint density at radius 2 is 2.05 bits per heavy atom. The summed E-state index contributed by atoms with van der Waals surface area (Å²) in [6.07, 6.45) is 1.48. The molecule has 0 saturated heterocycles. The zero-order valence-corrected chi connectivity index (χ0v) is 12.1. The van der Waals surface area contributed by atoms with Crippen molar-refractivity contribution in [1.29, 1.82) is 0 Å². The van der Waals surface area contributed by atoms with Crippen molar-refractivity contribution >= 4 is 15.7 Å². The van der Waals surface area contributed by atoms with E-state index in [2.05, 4.69) is 10.1 Å². The molecule has 0 aliphatic heterocycles. The molecule has 0 fully saturated rings. The van der Waals surface area contributed by atoms with Gasteiger partial charge >= 0.3 is 6.01 Å². The number of nitrogens with two attached hydrogens (primary N) is 1. The zero-order chi connectivity index (χ0) is 14.9. The lowest BCUT2D eigenvalue weighted by Crippen LogP contribution is -2.22. The van der Waals surface area contributed by atoms with Gasteiger partial charge in [0.25, 0.3) is 0 Å². The zero-order valence-electron chi connectivity index (χ0n) is 11.3. The van der Waals surface area contributed by atoms with Crippen LogP contribution in [0.3, 0.4) is 0 Å². The highest BCUT2D eigenvalue weighted by Gasteiger charge is 2.18. The predicted octanol–water partition coefficient (Wildman–Crippen LogP) is 0.440. The maximum absolute atomic E-state index is 12.0. The summed E-state index contributed by atoms with van der Waals surface area (Å²) in [6.45, 7) is 0. The Morgan fingerprint density at radius 3 is 2.55 bits per heavy atom. The van der Waals surface area contributed by atoms with Crippen LogP contribution in [0, 0.1) is 0 Å². The average molecular weight is 297 g/mol. The maximum atomic E-state index is 12.0. The van der Waals surface area contributed by atoms with Gasteiger partial charge in [-0.3, -0.25) is 4.68 Å². The van der Waals surface area contributed by atoms with Gasteiger partial charge in [0.2, 0.25) is 10.0 Å². The molecule has 1 aromatic heterocycles. The van der Waals surface area contributed by atoms with E-state index in [1.165, 1.54) is 43.3 Å². The summed E-state index contributed by atoms with van der Waals surface area (Å²) < 4.78 is 31.9. The Hall–Kier alpha value is -2.13. The third-order valence-electron chi connectivity index (χ3n) is 2.54. The van der Waals surface area contributed by atoms with Gasteiger partial charge in [-0.05, 0) is 18.2 Å². The van der Waals surface area contributed by atoms with Crippen molar-refractivity contribution in [3.63, 3.8) is 0 Å². The van der Waals surface area contributed by atoms with Crippen LogP contribution in [0.4, 0.5) is 5.69 Å². The van der Waals surface area contributed by atoms with Crippen LogP contribution in [0.15, 0.2) is 29.4 Å². The molecular weight excluding hydrogens is 282 g/mol. The molecule has 20 heavy (non-hydrogen) atoms. The van der Waals surface area contributed by atoms with Crippen molar-refractivity contribution in [3.8, 4) is 11.8 Å². The summed E-state index contributed by atoms with van der Waals surface area (Å²) >= 11 is 0. The Bertz CT molecular complexity index is 723. The van der Waals surface area contributed by atoms with E-state index in [1.807, 2.05) is 0 Å². The van der Waals surface area contributed by atoms with Crippen LogP contribution in [0.1, 0.15) is 0 Å². The van der Waals surface area contributed by atoms with E-state index in [-0.39, 0.29) is 16.6 Å². The van der Waals surface area contributed by atoms with Gasteiger partial charge in [0, 0.05) is 21.1 Å². The standard InChI is InChI=1S/C11H15N5O3S/c1-15(2)20(17,18)8-4-5-10(9(12)6-8)19-11-13-7-16(3)14-11/h4-7H,12H2,1-3H3. The first-order valence-corrected chi connectivity index (χ1v) is 7.10. The van der Waals surface area contributed by atoms with E-state index in [1.54, 1.807) is 7.05 Å². The maximum Gasteiger partial charge on any atom is 0.341 e. The molecule has 9 heteroatoms. The molecule has 1 aromatic carbocycles. The fraction of sp³-hybridized carbons (Fsp3) is 0.273. The van der Waals surface area contributed by atoms with Crippen LogP contribution in [0.2, 0.25) is 0 Å². The Labute approximate surface area is 116 Å². The number of hydrogen-bond donors (Lipinski definition) is 1. The van der Waals surface area contributed by atoms with E-state index in [9.17, 15) is 8.42 Å². The Balaban J connectivity index is 2.31. The summed E-state index contributed by atoms with van der Waals surface area (Å²) in [6, 6.07) is 4.38. The van der Waals surface area contributed by atoms with Crippen molar-refractivity contribution in [3.05, 3.63) is 24.5 Å². The minimum Gasteiger partial charge on any atom is -0.421 e. The van der Waals surface area contributed by atoms with E-state index < -0.39 is 10.0 Å². The van der Waals surface area contributed by atoms with Gasteiger partial charge in [0.05, 0.1) is 10.6 Å². The fourth-order valence-corrected chi connectivity index (χ4v) is 2.39. The van der Waals surface area contributed by atoms with Crippen molar-refractivity contribution in [2.24, 2.45) is 7.05 Å². The van der Waals surface area contributed by atoms with Crippen LogP contribution in [0.25, 0.3) is 0 Å². The van der Waals surface area contributed by atoms with Crippen LogP contribution < -0.4 is 10.5 Å². The summed E-state index contributed by atoms with van der Waals surface area (Å²) in [7, 11) is 1.09. The first kappa shape index (κ1) is 14.3. The van der Waals surface area contributed by atoms with Crippen LogP contribution in [0.5, 0.6) is 11.8 Å². The predicted molar refractivity (Wildman–Crippen MR) is 72.8 cm³/mol. The minimum absolute atomic E-state index is 0.0985. The highest BCUT2D eigenvalue weighted by atomic mass is 32.2. The van der Waals surface area contributed by atoms with Gasteiger partial charge in [0.1, 0.15) is 6.33 Å². The molecular formula is C11H15N5O3S. The van der Waals surface area contributed by atoms with E-state index in [0.717, 1.165) is 4.31 Å². The van der Waals surface area contributed by atoms with Crippen molar-refractivity contribution in [2.45, 2.75) is 4.90 Å². The lowest BCUT2D eigenvalue weighted by atomic mass is 10.3. The molecule has 2 N–H and O–H groups in total. The first-order chi connectivity index (χ1) is 9.30. The molecule has 0 bridgehead atoms. The molecule has 108 valence electrons. The quantitative estimate of drug-likeness (QED) is 0.821. The largest absolute Gasteiger partial charge is 0.421 e. The molecule has 8 nitrogen and oxygen atoms in total. The second kappa shape index (κ2) is 5.10. The molecule has 0 amide bonds. The third kappa shape index (κ3) is 2.73. The van der Waals surface area contributed by atoms with E-state index in [0.29, 0.717) is 5.75 Å². The van der Waals surface area contributed by atoms with Crippen LogP contribution >= 0.6 is 0 Å². The minimum atomic E-state index is -3.52. The monoisotopic (exact) mass is 297 g/mol. The highest BCUT2D eigenvalue weighted by molar-refractivity contribution is 7.89. The molecule has 0 radical (unpaired) electrons. The van der Waals surface area contributed by atoms with E-state index in [4.69, 9.17) is 10.5 Å². The molecule has 0 unspecified atom stereocenters. The molecule has 0 aliphatic rings. The number of nitrogen functional groups attached to an aromatic ring is 1. The molecule has 0 spiro atoms. The molecule has 0 atom stereocenters. The Morgan fingerprint density at radius 1 is 1.35 bits per heavy atom. The summed E-state index contributed by atoms with van der Waals surface area (Å²) in [5, 5.41) is 3.95. The van der Waals surface area contributed by atoms with Gasteiger partial charge in [-0.1, -0.05) is 0 Å². The number of aryl methyl sites for hydroxylation is 1. The van der Waals surface area contributed by atoms with Crippen molar-refractivity contribution in [1.82, 2.24) is 19.1 Å². The number of rotatable bonds is 4. The first-order valence-electron chi connectivity index (χ1n) is 5.66. The number of benzene rings is 1. The van der Waals surface area contributed by atoms with Gasteiger partial charge in [-0.15, -0.1) is 5.10 Å². The summed E-state index contributed by atoms with van der Waals surface area (Å²) in [5.74, 6) is 0.300. The Kier molecular flexibility index (Phi) is 3.64. The third-order valence-corrected chi connectivity index (χ3v) is 4.35.